The second kappa shape index (κ2) is 5.78. The average molecular weight is 341 g/mol. The van der Waals surface area contributed by atoms with Crippen molar-refractivity contribution in [2.24, 2.45) is 0 Å². The van der Waals surface area contributed by atoms with Gasteiger partial charge in [-0.25, -0.2) is 9.67 Å². The molecular weight excluding hydrogens is 327 g/mol. The summed E-state index contributed by atoms with van der Waals surface area (Å²) in [6.07, 6.45) is 0. The summed E-state index contributed by atoms with van der Waals surface area (Å²) < 4.78 is 7.07. The first-order valence-corrected chi connectivity index (χ1v) is 7.48. The first-order chi connectivity index (χ1) is 10.5. The van der Waals surface area contributed by atoms with E-state index in [1.54, 1.807) is 11.0 Å². The van der Waals surface area contributed by atoms with Gasteiger partial charge in [0.1, 0.15) is 17.4 Å². The number of benzene rings is 1. The molecule has 116 valence electrons. The Bertz CT molecular complexity index is 745. The van der Waals surface area contributed by atoms with Crippen LogP contribution in [0.3, 0.4) is 0 Å². The highest BCUT2D eigenvalue weighted by molar-refractivity contribution is 6.42. The third-order valence-corrected chi connectivity index (χ3v) is 4.25. The van der Waals surface area contributed by atoms with E-state index in [1.165, 1.54) is 13.2 Å². The molecule has 0 saturated heterocycles. The van der Waals surface area contributed by atoms with E-state index in [4.69, 9.17) is 27.9 Å². The molecule has 0 spiro atoms. The lowest BCUT2D eigenvalue weighted by Gasteiger charge is -2.27. The molecule has 1 aliphatic heterocycles. The van der Waals surface area contributed by atoms with Gasteiger partial charge in [0.15, 0.2) is 0 Å². The van der Waals surface area contributed by atoms with Crippen LogP contribution in [0, 0.1) is 6.92 Å². The second-order valence-corrected chi connectivity index (χ2v) is 5.81. The summed E-state index contributed by atoms with van der Waals surface area (Å²) in [5.41, 5.74) is 0.390. The minimum absolute atomic E-state index is 0.165. The number of halogens is 2. The van der Waals surface area contributed by atoms with Gasteiger partial charge in [-0.05, 0) is 13.0 Å². The molecule has 8 heteroatoms. The predicted molar refractivity (Wildman–Crippen MR) is 82.5 cm³/mol. The van der Waals surface area contributed by atoms with E-state index in [0.717, 1.165) is 5.82 Å². The van der Waals surface area contributed by atoms with Crippen molar-refractivity contribution in [2.75, 3.05) is 13.7 Å². The zero-order chi connectivity index (χ0) is 15.9. The number of rotatable bonds is 2. The Morgan fingerprint density at radius 2 is 2.00 bits per heavy atom. The highest BCUT2D eigenvalue weighted by atomic mass is 35.5. The number of ether oxygens (including phenoxy) is 1. The number of hydrogen-bond donors (Lipinski definition) is 0. The Balaban J connectivity index is 1.90. The molecule has 1 aromatic carbocycles. The quantitative estimate of drug-likeness (QED) is 0.842. The van der Waals surface area contributed by atoms with Gasteiger partial charge in [-0.2, -0.15) is 5.10 Å². The van der Waals surface area contributed by atoms with Crippen molar-refractivity contribution in [1.82, 2.24) is 19.7 Å². The van der Waals surface area contributed by atoms with Crippen LogP contribution >= 0.6 is 23.2 Å². The van der Waals surface area contributed by atoms with Gasteiger partial charge >= 0.3 is 0 Å². The number of carbonyl (C=O) groups excluding carboxylic acids is 1. The maximum absolute atomic E-state index is 12.7. The third kappa shape index (κ3) is 2.64. The van der Waals surface area contributed by atoms with Crippen LogP contribution in [0.4, 0.5) is 0 Å². The molecule has 1 aromatic heterocycles. The zero-order valence-corrected chi connectivity index (χ0v) is 13.6. The Morgan fingerprint density at radius 1 is 1.27 bits per heavy atom. The number of fused-ring (bicyclic) bond motifs is 1. The summed E-state index contributed by atoms with van der Waals surface area (Å²) in [6, 6.07) is 3.09. The van der Waals surface area contributed by atoms with Crippen molar-refractivity contribution in [3.05, 3.63) is 39.4 Å². The lowest BCUT2D eigenvalue weighted by atomic mass is 10.1. The SMILES string of the molecule is COc1cc(Cl)c(Cl)cc1C(=O)N1CCn2nc(C)nc2C1. The maximum Gasteiger partial charge on any atom is 0.258 e. The monoisotopic (exact) mass is 340 g/mol. The van der Waals surface area contributed by atoms with Gasteiger partial charge in [-0.1, -0.05) is 23.2 Å². The molecule has 0 saturated carbocycles. The van der Waals surface area contributed by atoms with Gasteiger partial charge in [0, 0.05) is 12.6 Å². The van der Waals surface area contributed by atoms with Gasteiger partial charge in [0.2, 0.25) is 0 Å². The molecule has 1 amide bonds. The zero-order valence-electron chi connectivity index (χ0n) is 12.1. The number of methoxy groups -OCH3 is 1. The van der Waals surface area contributed by atoms with Crippen LogP contribution in [0.25, 0.3) is 0 Å². The van der Waals surface area contributed by atoms with Crippen molar-refractivity contribution in [1.29, 1.82) is 0 Å². The fourth-order valence-electron chi connectivity index (χ4n) is 2.47. The Morgan fingerprint density at radius 3 is 2.73 bits per heavy atom. The number of aromatic nitrogens is 3. The lowest BCUT2D eigenvalue weighted by Crippen LogP contribution is -2.38. The van der Waals surface area contributed by atoms with Gasteiger partial charge in [-0.15, -0.1) is 0 Å². The smallest absolute Gasteiger partial charge is 0.258 e. The van der Waals surface area contributed by atoms with E-state index in [2.05, 4.69) is 10.1 Å². The summed E-state index contributed by atoms with van der Waals surface area (Å²) in [6.45, 7) is 3.41. The van der Waals surface area contributed by atoms with Crippen molar-refractivity contribution in [3.63, 3.8) is 0 Å². The lowest BCUT2D eigenvalue weighted by molar-refractivity contribution is 0.0699. The molecule has 22 heavy (non-hydrogen) atoms. The van der Waals surface area contributed by atoms with Crippen molar-refractivity contribution in [2.45, 2.75) is 20.0 Å². The highest BCUT2D eigenvalue weighted by Crippen LogP contribution is 2.31. The van der Waals surface area contributed by atoms with Crippen LogP contribution in [0.1, 0.15) is 22.0 Å². The minimum Gasteiger partial charge on any atom is -0.496 e. The molecule has 6 nitrogen and oxygen atoms in total. The average Bonchev–Trinajstić information content (AvgIpc) is 2.87. The first-order valence-electron chi connectivity index (χ1n) is 6.72. The van der Waals surface area contributed by atoms with E-state index < -0.39 is 0 Å². The van der Waals surface area contributed by atoms with Crippen LogP contribution < -0.4 is 4.74 Å². The van der Waals surface area contributed by atoms with Crippen LogP contribution in [0.2, 0.25) is 10.0 Å². The maximum atomic E-state index is 12.7. The number of hydrogen-bond acceptors (Lipinski definition) is 4. The number of nitrogens with zero attached hydrogens (tertiary/aromatic N) is 4. The predicted octanol–water partition coefficient (Wildman–Crippen LogP) is 2.56. The summed E-state index contributed by atoms with van der Waals surface area (Å²) in [5.74, 6) is 1.72. The largest absolute Gasteiger partial charge is 0.496 e. The Hall–Kier alpha value is -1.79. The van der Waals surface area contributed by atoms with Gasteiger partial charge in [-0.3, -0.25) is 4.79 Å². The van der Waals surface area contributed by atoms with Gasteiger partial charge in [0.05, 0.1) is 35.8 Å². The number of aryl methyl sites for hydroxylation is 1. The molecule has 0 radical (unpaired) electrons. The molecule has 0 unspecified atom stereocenters. The normalized spacial score (nSPS) is 13.9. The molecule has 0 atom stereocenters. The molecule has 2 heterocycles. The van der Waals surface area contributed by atoms with Gasteiger partial charge < -0.3 is 9.64 Å². The molecule has 0 bridgehead atoms. The summed E-state index contributed by atoms with van der Waals surface area (Å²) in [4.78, 5) is 18.8. The summed E-state index contributed by atoms with van der Waals surface area (Å²) in [7, 11) is 1.49. The number of amides is 1. The van der Waals surface area contributed by atoms with Crippen molar-refractivity contribution >= 4 is 29.1 Å². The Kier molecular flexibility index (Phi) is 3.97. The second-order valence-electron chi connectivity index (χ2n) is 4.99. The molecule has 1 aliphatic rings. The fourth-order valence-corrected chi connectivity index (χ4v) is 2.79. The summed E-state index contributed by atoms with van der Waals surface area (Å²) in [5, 5.41) is 4.95. The van der Waals surface area contributed by atoms with E-state index in [-0.39, 0.29) is 5.91 Å². The van der Waals surface area contributed by atoms with E-state index in [0.29, 0.717) is 46.8 Å². The molecule has 0 fully saturated rings. The highest BCUT2D eigenvalue weighted by Gasteiger charge is 2.26. The molecule has 3 rings (SSSR count). The van der Waals surface area contributed by atoms with Crippen LogP contribution in [-0.2, 0) is 13.1 Å². The van der Waals surface area contributed by atoms with Crippen LogP contribution in [0.5, 0.6) is 5.75 Å². The minimum atomic E-state index is -0.165. The first kappa shape index (κ1) is 15.1. The summed E-state index contributed by atoms with van der Waals surface area (Å²) >= 11 is 12.0. The number of carbonyl (C=O) groups is 1. The fraction of sp³-hybridized carbons (Fsp3) is 0.357. The molecule has 0 aliphatic carbocycles. The Labute approximate surface area is 137 Å². The van der Waals surface area contributed by atoms with E-state index >= 15 is 0 Å². The van der Waals surface area contributed by atoms with Crippen molar-refractivity contribution < 1.29 is 9.53 Å². The standard InChI is InChI=1S/C14H14Cl2N4O2/c1-8-17-13-7-19(3-4-20(13)18-8)14(21)9-5-10(15)11(16)6-12(9)22-2/h5-6H,3-4,7H2,1-2H3. The van der Waals surface area contributed by atoms with Gasteiger partial charge in [0.25, 0.3) is 5.91 Å². The third-order valence-electron chi connectivity index (χ3n) is 3.53. The van der Waals surface area contributed by atoms with Crippen LogP contribution in [0.15, 0.2) is 12.1 Å². The van der Waals surface area contributed by atoms with E-state index in [1.807, 2.05) is 11.6 Å². The van der Waals surface area contributed by atoms with Crippen LogP contribution in [-0.4, -0.2) is 39.2 Å². The molecule has 0 N–H and O–H groups in total. The van der Waals surface area contributed by atoms with Crippen molar-refractivity contribution in [3.8, 4) is 5.75 Å². The van der Waals surface area contributed by atoms with E-state index in [9.17, 15) is 4.79 Å². The molecule has 2 aromatic rings. The topological polar surface area (TPSA) is 60.2 Å². The molecular formula is C14H14Cl2N4O2.